The van der Waals surface area contributed by atoms with Crippen molar-refractivity contribution in [1.82, 2.24) is 15.2 Å². The lowest BCUT2D eigenvalue weighted by atomic mass is 10.0. The number of unbranched alkanes of at least 4 members (excludes halogenated alkanes) is 3. The molecule has 4 rings (SSSR count). The van der Waals surface area contributed by atoms with E-state index in [1.165, 1.54) is 6.92 Å². The van der Waals surface area contributed by atoms with E-state index in [2.05, 4.69) is 23.5 Å². The van der Waals surface area contributed by atoms with Gasteiger partial charge in [0.2, 0.25) is 11.8 Å². The van der Waals surface area contributed by atoms with Crippen molar-refractivity contribution >= 4 is 28.5 Å². The lowest BCUT2D eigenvalue weighted by Gasteiger charge is -2.28. The zero-order valence-corrected chi connectivity index (χ0v) is 22.5. The summed E-state index contributed by atoms with van der Waals surface area (Å²) in [5.74, 6) is -0.0549. The van der Waals surface area contributed by atoms with Gasteiger partial charge >= 0.3 is 0 Å². The number of ether oxygens (including phenoxy) is 1. The van der Waals surface area contributed by atoms with Gasteiger partial charge in [0.25, 0.3) is 0 Å². The molecule has 0 bridgehead atoms. The maximum absolute atomic E-state index is 13.6. The zero-order valence-electron chi connectivity index (χ0n) is 22.5. The monoisotopic (exact) mass is 517 g/mol. The summed E-state index contributed by atoms with van der Waals surface area (Å²) < 4.78 is 6.38. The number of para-hydroxylation sites is 1. The average molecular weight is 518 g/mol. The van der Waals surface area contributed by atoms with Crippen LogP contribution in [0, 0.1) is 11.8 Å². The lowest BCUT2D eigenvalue weighted by Crippen LogP contribution is -2.53. The third-order valence-corrected chi connectivity index (χ3v) is 7.99. The average Bonchev–Trinajstić information content (AvgIpc) is 3.48. The smallest absolute Gasteiger partial charge is 0.243 e. The number of pyridine rings is 1. The number of benzene rings is 1. The second-order valence-electron chi connectivity index (χ2n) is 10.7. The number of allylic oxidation sites excluding steroid dienone is 1. The first-order valence-electron chi connectivity index (χ1n) is 13.7. The molecule has 202 valence electrons. The van der Waals surface area contributed by atoms with Crippen molar-refractivity contribution in [3.05, 3.63) is 61.8 Å². The summed E-state index contributed by atoms with van der Waals surface area (Å²) in [6.07, 6.45) is 10.7. The number of ketones is 1. The number of nitrogens with zero attached hydrogens (tertiary/aromatic N) is 2. The molecule has 1 N–H and O–H groups in total. The minimum Gasteiger partial charge on any atom is -0.488 e. The summed E-state index contributed by atoms with van der Waals surface area (Å²) >= 11 is 0. The molecule has 1 aliphatic carbocycles. The van der Waals surface area contributed by atoms with Crippen molar-refractivity contribution in [2.75, 3.05) is 6.54 Å². The van der Waals surface area contributed by atoms with Crippen LogP contribution in [-0.2, 0) is 14.4 Å². The summed E-state index contributed by atoms with van der Waals surface area (Å²) in [6, 6.07) is 8.84. The quantitative estimate of drug-likeness (QED) is 0.298. The van der Waals surface area contributed by atoms with Crippen molar-refractivity contribution < 1.29 is 19.1 Å². The van der Waals surface area contributed by atoms with Crippen LogP contribution in [0.2, 0.25) is 0 Å². The van der Waals surface area contributed by atoms with Crippen molar-refractivity contribution in [3.8, 4) is 5.75 Å². The Morgan fingerprint density at radius 3 is 2.71 bits per heavy atom. The molecule has 2 fully saturated rings. The van der Waals surface area contributed by atoms with Crippen LogP contribution in [0.3, 0.4) is 0 Å². The van der Waals surface area contributed by atoms with Crippen molar-refractivity contribution in [1.29, 1.82) is 0 Å². The topological polar surface area (TPSA) is 88.6 Å². The molecule has 5 atom stereocenters. The Balaban J connectivity index is 1.51. The fraction of sp³-hybridized carbons (Fsp3) is 0.484. The maximum atomic E-state index is 13.6. The van der Waals surface area contributed by atoms with Gasteiger partial charge in [-0.25, -0.2) is 0 Å². The number of rotatable bonds is 13. The van der Waals surface area contributed by atoms with E-state index in [0.29, 0.717) is 25.1 Å². The number of nitrogens with one attached hydrogen (secondary N) is 1. The third-order valence-electron chi connectivity index (χ3n) is 7.99. The number of amides is 2. The van der Waals surface area contributed by atoms with E-state index in [4.69, 9.17) is 4.74 Å². The molecular weight excluding hydrogens is 478 g/mol. The van der Waals surface area contributed by atoms with Gasteiger partial charge in [-0.15, -0.1) is 13.2 Å². The first-order valence-corrected chi connectivity index (χ1v) is 13.7. The van der Waals surface area contributed by atoms with E-state index in [0.717, 1.165) is 43.0 Å². The van der Waals surface area contributed by atoms with Gasteiger partial charge in [0.15, 0.2) is 5.78 Å². The highest BCUT2D eigenvalue weighted by atomic mass is 16.5. The Hall–Kier alpha value is -3.48. The van der Waals surface area contributed by atoms with E-state index in [-0.39, 0.29) is 35.5 Å². The predicted molar refractivity (Wildman–Crippen MR) is 149 cm³/mol. The van der Waals surface area contributed by atoms with E-state index in [9.17, 15) is 14.4 Å². The van der Waals surface area contributed by atoms with Crippen molar-refractivity contribution in [2.24, 2.45) is 11.8 Å². The fourth-order valence-corrected chi connectivity index (χ4v) is 5.56. The molecule has 1 aromatic heterocycles. The van der Waals surface area contributed by atoms with Crippen molar-refractivity contribution in [3.63, 3.8) is 0 Å². The molecular formula is C31H39N3O4. The highest BCUT2D eigenvalue weighted by Crippen LogP contribution is 2.45. The summed E-state index contributed by atoms with van der Waals surface area (Å²) in [5, 5.41) is 3.87. The van der Waals surface area contributed by atoms with Gasteiger partial charge in [-0.3, -0.25) is 19.4 Å². The molecule has 0 radical (unpaired) electrons. The SMILES string of the molecule is C=CCCCCCC(C)C(=O)N1CC(Oc2ccnc3ccccc23)CC1C(=O)NC1(C(C)=O)CC1C=C. The van der Waals surface area contributed by atoms with Crippen LogP contribution in [0.1, 0.15) is 58.8 Å². The number of fused-ring (bicyclic) bond motifs is 1. The summed E-state index contributed by atoms with van der Waals surface area (Å²) in [6.45, 7) is 11.3. The Morgan fingerprint density at radius 1 is 1.21 bits per heavy atom. The van der Waals surface area contributed by atoms with Crippen LogP contribution in [-0.4, -0.2) is 51.7 Å². The van der Waals surface area contributed by atoms with Crippen LogP contribution >= 0.6 is 0 Å². The zero-order chi connectivity index (χ0) is 27.3. The molecule has 5 unspecified atom stereocenters. The number of hydrogen-bond donors (Lipinski definition) is 1. The molecule has 1 aliphatic heterocycles. The minimum absolute atomic E-state index is 0.0486. The Morgan fingerprint density at radius 2 is 2.00 bits per heavy atom. The van der Waals surface area contributed by atoms with Gasteiger partial charge in [-0.1, -0.05) is 44.1 Å². The molecule has 2 aliphatic rings. The van der Waals surface area contributed by atoms with E-state index < -0.39 is 11.6 Å². The predicted octanol–water partition coefficient (Wildman–Crippen LogP) is 5.01. The Kier molecular flexibility index (Phi) is 8.65. The Bertz CT molecular complexity index is 1210. The molecule has 2 amide bonds. The summed E-state index contributed by atoms with van der Waals surface area (Å²) in [4.78, 5) is 45.7. The van der Waals surface area contributed by atoms with Gasteiger partial charge in [-0.05, 0) is 50.8 Å². The van der Waals surface area contributed by atoms with Crippen LogP contribution in [0.15, 0.2) is 61.8 Å². The normalized spacial score (nSPS) is 25.0. The highest BCUT2D eigenvalue weighted by molar-refractivity contribution is 5.97. The first-order chi connectivity index (χ1) is 18.3. The van der Waals surface area contributed by atoms with E-state index in [1.54, 1.807) is 17.2 Å². The van der Waals surface area contributed by atoms with Crippen LogP contribution in [0.25, 0.3) is 10.9 Å². The van der Waals surface area contributed by atoms with Crippen LogP contribution in [0.4, 0.5) is 0 Å². The molecule has 1 aromatic carbocycles. The molecule has 0 spiro atoms. The Labute approximate surface area is 225 Å². The number of carbonyl (C=O) groups excluding carboxylic acids is 3. The molecule has 1 saturated carbocycles. The summed E-state index contributed by atoms with van der Waals surface area (Å²) in [7, 11) is 0. The van der Waals surface area contributed by atoms with Gasteiger partial charge in [0, 0.05) is 29.8 Å². The number of carbonyl (C=O) groups is 3. The molecule has 2 aromatic rings. The van der Waals surface area contributed by atoms with Gasteiger partial charge in [0.1, 0.15) is 23.4 Å². The fourth-order valence-electron chi connectivity index (χ4n) is 5.56. The summed E-state index contributed by atoms with van der Waals surface area (Å²) in [5.41, 5.74) is -0.0900. The van der Waals surface area contributed by atoms with E-state index >= 15 is 0 Å². The second-order valence-corrected chi connectivity index (χ2v) is 10.7. The number of hydrogen-bond acceptors (Lipinski definition) is 5. The van der Waals surface area contributed by atoms with Crippen LogP contribution < -0.4 is 10.1 Å². The minimum atomic E-state index is -0.912. The molecule has 7 heteroatoms. The lowest BCUT2D eigenvalue weighted by molar-refractivity contribution is -0.142. The third kappa shape index (κ3) is 5.82. The van der Waals surface area contributed by atoms with Gasteiger partial charge in [-0.2, -0.15) is 0 Å². The largest absolute Gasteiger partial charge is 0.488 e. The number of Topliss-reactive ketones (excluding diaryl/α,β-unsaturated/α-hetero) is 1. The van der Waals surface area contributed by atoms with Crippen LogP contribution in [0.5, 0.6) is 5.75 Å². The standard InChI is InChI=1S/C31H39N3O4/c1-5-7-8-9-10-13-21(3)30(37)34-20-24(38-28-16-17-32-26-15-12-11-14-25(26)28)18-27(34)29(36)33-31(22(4)35)19-23(31)6-2/h5-6,11-12,14-17,21,23-24,27H,1-2,7-10,13,18-20H2,3-4H3,(H,33,36). The first kappa shape index (κ1) is 27.6. The van der Waals surface area contributed by atoms with E-state index in [1.807, 2.05) is 43.3 Å². The molecule has 1 saturated heterocycles. The van der Waals surface area contributed by atoms with Gasteiger partial charge < -0.3 is 15.0 Å². The number of aromatic nitrogens is 1. The highest BCUT2D eigenvalue weighted by Gasteiger charge is 2.58. The second kappa shape index (κ2) is 11.9. The van der Waals surface area contributed by atoms with Gasteiger partial charge in [0.05, 0.1) is 12.1 Å². The molecule has 38 heavy (non-hydrogen) atoms. The van der Waals surface area contributed by atoms with Crippen molar-refractivity contribution in [2.45, 2.75) is 76.5 Å². The number of likely N-dealkylation sites (tertiary alicyclic amines) is 1. The molecule has 2 heterocycles. The molecule has 7 nitrogen and oxygen atoms in total. The maximum Gasteiger partial charge on any atom is 0.243 e.